The van der Waals surface area contributed by atoms with Gasteiger partial charge in [0.25, 0.3) is 0 Å². The summed E-state index contributed by atoms with van der Waals surface area (Å²) in [6, 6.07) is 6.37. The minimum atomic E-state index is -0.360. The first kappa shape index (κ1) is 11.7. The summed E-state index contributed by atoms with van der Waals surface area (Å²) in [6.45, 7) is 0.985. The molecule has 18 heavy (non-hydrogen) atoms. The molecule has 5 heteroatoms. The number of nitrogens with zero attached hydrogens (tertiary/aromatic N) is 1. The standard InChI is InChI=1S/C13H12ClFN2O/c14-8-3-4-10(15)9(6-8)13-7-12(17-18-13)11-2-1-5-16-11/h3-4,6-7,11,16H,1-2,5H2/t11-/m1/s1. The third-order valence-electron chi connectivity index (χ3n) is 3.14. The maximum atomic E-state index is 13.7. The van der Waals surface area contributed by atoms with Crippen molar-refractivity contribution >= 4 is 11.6 Å². The number of rotatable bonds is 2. The number of nitrogens with one attached hydrogen (secondary N) is 1. The Kier molecular flexibility index (Phi) is 3.06. The topological polar surface area (TPSA) is 38.1 Å². The highest BCUT2D eigenvalue weighted by Gasteiger charge is 2.21. The molecule has 0 spiro atoms. The van der Waals surface area contributed by atoms with E-state index in [1.54, 1.807) is 12.1 Å². The maximum Gasteiger partial charge on any atom is 0.170 e. The van der Waals surface area contributed by atoms with Crippen LogP contribution in [0.5, 0.6) is 0 Å². The number of hydrogen-bond acceptors (Lipinski definition) is 3. The smallest absolute Gasteiger partial charge is 0.170 e. The Balaban J connectivity index is 1.94. The average Bonchev–Trinajstić information content (AvgIpc) is 3.00. The lowest BCUT2D eigenvalue weighted by Crippen LogP contribution is -2.12. The third-order valence-corrected chi connectivity index (χ3v) is 3.37. The molecule has 0 bridgehead atoms. The Hall–Kier alpha value is -1.39. The molecule has 0 saturated carbocycles. The summed E-state index contributed by atoms with van der Waals surface area (Å²) in [5, 5.41) is 7.79. The Labute approximate surface area is 109 Å². The Morgan fingerprint density at radius 3 is 3.06 bits per heavy atom. The number of aromatic nitrogens is 1. The van der Waals surface area contributed by atoms with Gasteiger partial charge >= 0.3 is 0 Å². The van der Waals surface area contributed by atoms with Crippen molar-refractivity contribution in [3.63, 3.8) is 0 Å². The van der Waals surface area contributed by atoms with Crippen LogP contribution in [-0.4, -0.2) is 11.7 Å². The van der Waals surface area contributed by atoms with E-state index in [4.69, 9.17) is 16.1 Å². The lowest BCUT2D eigenvalue weighted by molar-refractivity contribution is 0.410. The molecule has 0 unspecified atom stereocenters. The fraction of sp³-hybridized carbons (Fsp3) is 0.308. The van der Waals surface area contributed by atoms with E-state index in [-0.39, 0.29) is 11.9 Å². The van der Waals surface area contributed by atoms with E-state index < -0.39 is 0 Å². The zero-order valence-electron chi connectivity index (χ0n) is 9.62. The molecule has 2 aromatic rings. The Morgan fingerprint density at radius 1 is 1.39 bits per heavy atom. The molecule has 3 nitrogen and oxygen atoms in total. The fourth-order valence-corrected chi connectivity index (χ4v) is 2.38. The van der Waals surface area contributed by atoms with E-state index >= 15 is 0 Å². The van der Waals surface area contributed by atoms with Gasteiger partial charge in [-0.25, -0.2) is 4.39 Å². The van der Waals surface area contributed by atoms with E-state index in [9.17, 15) is 4.39 Å². The van der Waals surface area contributed by atoms with Gasteiger partial charge in [-0.15, -0.1) is 0 Å². The molecule has 1 aliphatic heterocycles. The van der Waals surface area contributed by atoms with Crippen molar-refractivity contribution in [1.29, 1.82) is 0 Å². The van der Waals surface area contributed by atoms with Crippen LogP contribution in [0.4, 0.5) is 4.39 Å². The van der Waals surface area contributed by atoms with E-state index in [0.29, 0.717) is 16.3 Å². The molecule has 0 radical (unpaired) electrons. The van der Waals surface area contributed by atoms with Crippen molar-refractivity contribution in [3.05, 3.63) is 40.8 Å². The summed E-state index contributed by atoms with van der Waals surface area (Å²) in [4.78, 5) is 0. The van der Waals surface area contributed by atoms with Crippen LogP contribution in [0.2, 0.25) is 5.02 Å². The van der Waals surface area contributed by atoms with Gasteiger partial charge in [0.15, 0.2) is 5.76 Å². The zero-order valence-corrected chi connectivity index (χ0v) is 10.4. The second-order valence-electron chi connectivity index (χ2n) is 4.39. The molecule has 1 N–H and O–H groups in total. The highest BCUT2D eigenvalue weighted by atomic mass is 35.5. The number of benzene rings is 1. The highest BCUT2D eigenvalue weighted by molar-refractivity contribution is 6.30. The van der Waals surface area contributed by atoms with Crippen LogP contribution < -0.4 is 5.32 Å². The van der Waals surface area contributed by atoms with Gasteiger partial charge in [0.2, 0.25) is 0 Å². The van der Waals surface area contributed by atoms with E-state index in [1.807, 2.05) is 0 Å². The monoisotopic (exact) mass is 266 g/mol. The maximum absolute atomic E-state index is 13.7. The fourth-order valence-electron chi connectivity index (χ4n) is 2.20. The quantitative estimate of drug-likeness (QED) is 0.903. The van der Waals surface area contributed by atoms with Crippen molar-refractivity contribution < 1.29 is 8.91 Å². The summed E-state index contributed by atoms with van der Waals surface area (Å²) in [7, 11) is 0. The normalized spacial score (nSPS) is 19.3. The lowest BCUT2D eigenvalue weighted by Gasteiger charge is -2.03. The van der Waals surface area contributed by atoms with E-state index in [2.05, 4.69) is 10.5 Å². The lowest BCUT2D eigenvalue weighted by atomic mass is 10.1. The van der Waals surface area contributed by atoms with Crippen molar-refractivity contribution in [1.82, 2.24) is 10.5 Å². The molecule has 94 valence electrons. The van der Waals surface area contributed by atoms with E-state index in [1.165, 1.54) is 12.1 Å². The van der Waals surface area contributed by atoms with E-state index in [0.717, 1.165) is 25.1 Å². The molecule has 1 saturated heterocycles. The largest absolute Gasteiger partial charge is 0.356 e. The van der Waals surface area contributed by atoms with Gasteiger partial charge in [0, 0.05) is 11.1 Å². The van der Waals surface area contributed by atoms with Gasteiger partial charge in [0.05, 0.1) is 11.6 Å². The Bertz CT molecular complexity index is 564. The van der Waals surface area contributed by atoms with Gasteiger partial charge in [-0.05, 0) is 37.6 Å². The predicted molar refractivity (Wildman–Crippen MR) is 66.9 cm³/mol. The van der Waals surface area contributed by atoms with Crippen LogP contribution in [0.25, 0.3) is 11.3 Å². The molecule has 0 amide bonds. The van der Waals surface area contributed by atoms with Crippen molar-refractivity contribution in [2.24, 2.45) is 0 Å². The molecule has 1 aliphatic rings. The van der Waals surface area contributed by atoms with Gasteiger partial charge < -0.3 is 9.84 Å². The first-order chi connectivity index (χ1) is 8.74. The van der Waals surface area contributed by atoms with Gasteiger partial charge in [0.1, 0.15) is 11.5 Å². The first-order valence-electron chi connectivity index (χ1n) is 5.89. The van der Waals surface area contributed by atoms with Gasteiger partial charge in [-0.3, -0.25) is 0 Å². The molecule has 3 rings (SSSR count). The van der Waals surface area contributed by atoms with Crippen LogP contribution in [-0.2, 0) is 0 Å². The van der Waals surface area contributed by atoms with Crippen LogP contribution in [0.3, 0.4) is 0 Å². The predicted octanol–water partition coefficient (Wildman–Crippen LogP) is 3.56. The minimum absolute atomic E-state index is 0.213. The summed E-state index contributed by atoms with van der Waals surface area (Å²) in [5.41, 5.74) is 1.17. The average molecular weight is 267 g/mol. The van der Waals surface area contributed by atoms with Crippen LogP contribution in [0, 0.1) is 5.82 Å². The summed E-state index contributed by atoms with van der Waals surface area (Å²) < 4.78 is 18.9. The van der Waals surface area contributed by atoms with Crippen molar-refractivity contribution in [2.75, 3.05) is 6.54 Å². The van der Waals surface area contributed by atoms with Crippen molar-refractivity contribution in [2.45, 2.75) is 18.9 Å². The zero-order chi connectivity index (χ0) is 12.5. The first-order valence-corrected chi connectivity index (χ1v) is 6.27. The SMILES string of the molecule is Fc1ccc(Cl)cc1-c1cc([C@H]2CCCN2)no1. The molecule has 1 fully saturated rings. The van der Waals surface area contributed by atoms with Crippen LogP contribution >= 0.6 is 11.6 Å². The third kappa shape index (κ3) is 2.13. The van der Waals surface area contributed by atoms with Crippen LogP contribution in [0.15, 0.2) is 28.8 Å². The minimum Gasteiger partial charge on any atom is -0.356 e. The molecule has 2 heterocycles. The number of hydrogen-bond donors (Lipinski definition) is 1. The van der Waals surface area contributed by atoms with Crippen molar-refractivity contribution in [3.8, 4) is 11.3 Å². The van der Waals surface area contributed by atoms with Crippen LogP contribution in [0.1, 0.15) is 24.6 Å². The summed E-state index contributed by atoms with van der Waals surface area (Å²) in [5.74, 6) is 0.0557. The Morgan fingerprint density at radius 2 is 2.28 bits per heavy atom. The molecular weight excluding hydrogens is 255 g/mol. The highest BCUT2D eigenvalue weighted by Crippen LogP contribution is 2.30. The second kappa shape index (κ2) is 4.71. The molecular formula is C13H12ClFN2O. The summed E-state index contributed by atoms with van der Waals surface area (Å²) >= 11 is 5.86. The molecule has 1 aromatic heterocycles. The molecule has 0 aliphatic carbocycles. The second-order valence-corrected chi connectivity index (χ2v) is 4.83. The molecule has 1 aromatic carbocycles. The summed E-state index contributed by atoms with van der Waals surface area (Å²) in [6.07, 6.45) is 2.16. The van der Waals surface area contributed by atoms with Gasteiger partial charge in [-0.1, -0.05) is 16.8 Å². The molecule has 1 atom stereocenters. The number of halogens is 2. The van der Waals surface area contributed by atoms with Gasteiger partial charge in [-0.2, -0.15) is 0 Å².